The molecular formula is C13H13N3O5. The first-order valence-electron chi connectivity index (χ1n) is 6.23. The molecule has 0 spiro atoms. The quantitative estimate of drug-likeness (QED) is 0.656. The van der Waals surface area contributed by atoms with E-state index in [1.165, 1.54) is 7.11 Å². The number of fused-ring (bicyclic) bond motifs is 1. The van der Waals surface area contributed by atoms with Crippen molar-refractivity contribution in [2.24, 2.45) is 4.99 Å². The maximum atomic E-state index is 11.3. The van der Waals surface area contributed by atoms with Gasteiger partial charge in [0, 0.05) is 0 Å². The zero-order valence-corrected chi connectivity index (χ0v) is 11.5. The third-order valence-electron chi connectivity index (χ3n) is 3.29. The zero-order chi connectivity index (χ0) is 15.0. The van der Waals surface area contributed by atoms with E-state index >= 15 is 0 Å². The Morgan fingerprint density at radius 1 is 1.43 bits per heavy atom. The lowest BCUT2D eigenvalue weighted by atomic mass is 10.0. The maximum Gasteiger partial charge on any atom is 0.294 e. The number of nitro groups is 1. The normalized spacial score (nSPS) is 19.9. The van der Waals surface area contributed by atoms with Crippen LogP contribution in [0.2, 0.25) is 0 Å². The fraction of sp³-hybridized carbons (Fsp3) is 0.308. The topological polar surface area (TPSA) is 95.2 Å². The Balaban J connectivity index is 2.06. The van der Waals surface area contributed by atoms with Gasteiger partial charge in [0.2, 0.25) is 6.79 Å². The number of allylic oxidation sites excluding steroid dienone is 1. The molecule has 21 heavy (non-hydrogen) atoms. The molecule has 1 unspecified atom stereocenters. The van der Waals surface area contributed by atoms with Crippen LogP contribution in [0.25, 0.3) is 0 Å². The molecule has 2 aliphatic heterocycles. The molecule has 2 heterocycles. The molecule has 0 bridgehead atoms. The molecule has 0 fully saturated rings. The van der Waals surface area contributed by atoms with Crippen molar-refractivity contribution in [3.8, 4) is 11.5 Å². The SMILES string of the molecule is COC1=NC(c2ccc3c(c2)OCO3)C([N+](=O)[O-])=C(C)N1. The van der Waals surface area contributed by atoms with E-state index in [-0.39, 0.29) is 18.5 Å². The fourth-order valence-corrected chi connectivity index (χ4v) is 2.30. The number of amidine groups is 1. The molecule has 1 atom stereocenters. The number of methoxy groups -OCH3 is 1. The molecule has 1 aromatic rings. The van der Waals surface area contributed by atoms with Crippen LogP contribution in [0.15, 0.2) is 34.6 Å². The smallest absolute Gasteiger partial charge is 0.294 e. The Morgan fingerprint density at radius 2 is 2.19 bits per heavy atom. The van der Waals surface area contributed by atoms with E-state index in [1.807, 2.05) is 0 Å². The van der Waals surface area contributed by atoms with E-state index in [9.17, 15) is 10.1 Å². The van der Waals surface area contributed by atoms with Gasteiger partial charge < -0.3 is 19.5 Å². The van der Waals surface area contributed by atoms with Crippen molar-refractivity contribution in [2.75, 3.05) is 13.9 Å². The van der Waals surface area contributed by atoms with Crippen molar-refractivity contribution in [1.29, 1.82) is 0 Å². The lowest BCUT2D eigenvalue weighted by Gasteiger charge is -2.20. The Bertz CT molecular complexity index is 668. The van der Waals surface area contributed by atoms with Gasteiger partial charge in [0.05, 0.1) is 17.7 Å². The average molecular weight is 291 g/mol. The molecule has 0 saturated heterocycles. The zero-order valence-electron chi connectivity index (χ0n) is 11.5. The second-order valence-electron chi connectivity index (χ2n) is 4.55. The Labute approximate surface area is 120 Å². The molecule has 0 aromatic heterocycles. The number of nitrogens with one attached hydrogen (secondary N) is 1. The summed E-state index contributed by atoms with van der Waals surface area (Å²) in [4.78, 5) is 15.1. The molecule has 8 nitrogen and oxygen atoms in total. The maximum absolute atomic E-state index is 11.3. The number of benzene rings is 1. The molecule has 0 aliphatic carbocycles. The molecular weight excluding hydrogens is 278 g/mol. The standard InChI is InChI=1S/C13H13N3O5/c1-7-12(16(17)18)11(15-13(14-7)19-2)8-3-4-9-10(5-8)21-6-20-9/h3-5,11H,6H2,1-2H3,(H,14,15). The van der Waals surface area contributed by atoms with Gasteiger partial charge in [-0.1, -0.05) is 6.07 Å². The Morgan fingerprint density at radius 3 is 2.90 bits per heavy atom. The Hall–Kier alpha value is -2.77. The molecule has 1 N–H and O–H groups in total. The van der Waals surface area contributed by atoms with Crippen LogP contribution >= 0.6 is 0 Å². The number of hydrogen-bond donors (Lipinski definition) is 1. The van der Waals surface area contributed by atoms with Crippen molar-refractivity contribution in [3.05, 3.63) is 45.3 Å². The third-order valence-corrected chi connectivity index (χ3v) is 3.29. The summed E-state index contributed by atoms with van der Waals surface area (Å²) >= 11 is 0. The lowest BCUT2D eigenvalue weighted by molar-refractivity contribution is -0.432. The van der Waals surface area contributed by atoms with Gasteiger partial charge in [-0.05, 0) is 24.6 Å². The van der Waals surface area contributed by atoms with Crippen LogP contribution in [0.1, 0.15) is 18.5 Å². The number of hydrogen-bond acceptors (Lipinski definition) is 7. The summed E-state index contributed by atoms with van der Waals surface area (Å²) in [6.45, 7) is 1.76. The highest BCUT2D eigenvalue weighted by Gasteiger charge is 2.34. The van der Waals surface area contributed by atoms with Crippen LogP contribution in [0.4, 0.5) is 0 Å². The minimum Gasteiger partial charge on any atom is -0.468 e. The molecule has 110 valence electrons. The van der Waals surface area contributed by atoms with Gasteiger partial charge in [-0.3, -0.25) is 10.1 Å². The van der Waals surface area contributed by atoms with E-state index < -0.39 is 11.0 Å². The molecule has 0 radical (unpaired) electrons. The van der Waals surface area contributed by atoms with Crippen LogP contribution in [0, 0.1) is 10.1 Å². The van der Waals surface area contributed by atoms with Gasteiger partial charge in [0.1, 0.15) is 0 Å². The van der Waals surface area contributed by atoms with Crippen LogP contribution in [0.5, 0.6) is 11.5 Å². The summed E-state index contributed by atoms with van der Waals surface area (Å²) in [5.41, 5.74) is 1.02. The molecule has 3 rings (SSSR count). The van der Waals surface area contributed by atoms with E-state index in [4.69, 9.17) is 14.2 Å². The van der Waals surface area contributed by atoms with Gasteiger partial charge in [0.25, 0.3) is 11.7 Å². The summed E-state index contributed by atoms with van der Waals surface area (Å²) in [6, 6.07) is 4.63. The highest BCUT2D eigenvalue weighted by molar-refractivity contribution is 5.77. The number of aliphatic imine (C=N–C) groups is 1. The van der Waals surface area contributed by atoms with Crippen LogP contribution in [-0.2, 0) is 4.74 Å². The number of ether oxygens (including phenoxy) is 3. The van der Waals surface area contributed by atoms with Crippen molar-refractivity contribution >= 4 is 6.02 Å². The van der Waals surface area contributed by atoms with Crippen molar-refractivity contribution in [2.45, 2.75) is 13.0 Å². The average Bonchev–Trinajstić information content (AvgIpc) is 2.93. The van der Waals surface area contributed by atoms with Gasteiger partial charge in [-0.25, -0.2) is 4.99 Å². The summed E-state index contributed by atoms with van der Waals surface area (Å²) in [5.74, 6) is 1.17. The van der Waals surface area contributed by atoms with Crippen LogP contribution in [-0.4, -0.2) is 24.8 Å². The third kappa shape index (κ3) is 2.24. The minimum atomic E-state index is -0.759. The molecule has 1 aromatic carbocycles. The second-order valence-corrected chi connectivity index (χ2v) is 4.55. The molecule has 8 heteroatoms. The van der Waals surface area contributed by atoms with Gasteiger partial charge >= 0.3 is 0 Å². The minimum absolute atomic E-state index is 0.0188. The fourth-order valence-electron chi connectivity index (χ4n) is 2.30. The first-order chi connectivity index (χ1) is 10.1. The van der Waals surface area contributed by atoms with E-state index in [0.29, 0.717) is 22.8 Å². The summed E-state index contributed by atoms with van der Waals surface area (Å²) in [5, 5.41) is 14.1. The number of nitrogens with zero attached hydrogens (tertiary/aromatic N) is 2. The van der Waals surface area contributed by atoms with Gasteiger partial charge in [-0.2, -0.15) is 0 Å². The van der Waals surface area contributed by atoms with E-state index in [1.54, 1.807) is 25.1 Å². The Kier molecular flexibility index (Phi) is 3.13. The highest BCUT2D eigenvalue weighted by Crippen LogP contribution is 2.38. The van der Waals surface area contributed by atoms with E-state index in [0.717, 1.165) is 0 Å². The lowest BCUT2D eigenvalue weighted by Crippen LogP contribution is -2.32. The van der Waals surface area contributed by atoms with Crippen molar-refractivity contribution < 1.29 is 19.1 Å². The second kappa shape index (κ2) is 4.97. The van der Waals surface area contributed by atoms with Crippen LogP contribution in [0.3, 0.4) is 0 Å². The molecule has 0 saturated carbocycles. The van der Waals surface area contributed by atoms with Crippen LogP contribution < -0.4 is 14.8 Å². The molecule has 0 amide bonds. The summed E-state index contributed by atoms with van der Waals surface area (Å²) in [6.07, 6.45) is 0. The predicted molar refractivity (Wildman–Crippen MR) is 72.6 cm³/mol. The molecule has 2 aliphatic rings. The first-order valence-corrected chi connectivity index (χ1v) is 6.23. The van der Waals surface area contributed by atoms with Gasteiger partial charge in [0.15, 0.2) is 17.5 Å². The van der Waals surface area contributed by atoms with Crippen molar-refractivity contribution in [3.63, 3.8) is 0 Å². The monoisotopic (exact) mass is 291 g/mol. The largest absolute Gasteiger partial charge is 0.468 e. The van der Waals surface area contributed by atoms with Crippen molar-refractivity contribution in [1.82, 2.24) is 5.32 Å². The summed E-state index contributed by atoms with van der Waals surface area (Å²) in [7, 11) is 1.45. The first kappa shape index (κ1) is 13.2. The summed E-state index contributed by atoms with van der Waals surface area (Å²) < 4.78 is 15.6. The number of rotatable bonds is 2. The predicted octanol–water partition coefficient (Wildman–Crippen LogP) is 1.57. The highest BCUT2D eigenvalue weighted by atomic mass is 16.7. The van der Waals surface area contributed by atoms with E-state index in [2.05, 4.69) is 10.3 Å². The van der Waals surface area contributed by atoms with Gasteiger partial charge in [-0.15, -0.1) is 0 Å².